The van der Waals surface area contributed by atoms with Gasteiger partial charge in [-0.3, -0.25) is 14.4 Å². The van der Waals surface area contributed by atoms with Gasteiger partial charge in [0.2, 0.25) is 11.8 Å². The number of carbonyl (C=O) groups excluding carboxylic acids is 3. The largest absolute Gasteiger partial charge is 2.00 e. The summed E-state index contributed by atoms with van der Waals surface area (Å²) in [5.41, 5.74) is 13.7. The van der Waals surface area contributed by atoms with Crippen molar-refractivity contribution in [3.05, 3.63) is 168 Å². The van der Waals surface area contributed by atoms with Gasteiger partial charge >= 0.3 is 19.5 Å². The van der Waals surface area contributed by atoms with Gasteiger partial charge < -0.3 is 25.9 Å². The molecular weight excluding hydrogens is 1100 g/mol. The molecule has 2 aliphatic rings. The van der Waals surface area contributed by atoms with Crippen LogP contribution in [0.1, 0.15) is 188 Å². The molecule has 8 bridgehead atoms. The van der Waals surface area contributed by atoms with Gasteiger partial charge in [0.15, 0.2) is 0 Å². The Morgan fingerprint density at radius 2 is 0.729 bits per heavy atom. The Labute approximate surface area is 517 Å². The molecule has 0 fully saturated rings. The summed E-state index contributed by atoms with van der Waals surface area (Å²) in [6, 6.07) is 45.6. The standard InChI is InChI=1S/C74H87N7O3.Zn/c1-3-5-7-9-11-13-15-17-19-30-52-75-68(82)51-50-67(74(84)76-53-31-20-18-16-14-12-10-8-6-4-2)81-73(83)58-40-38-57(39-41-58)72-65-48-46-63(79-65)70(55-34-26-22-27-35-55)61-44-42-59(77-61)69(54-32-24-21-25-33-54)60-43-45-62(78-60)71(56-36-28-23-29-37-56)64-47-49-66(72)80-64;/h21-29,32-49,67H,3-20,30-31,50-53H2,1-2H3,(H5,75,76,77,78,79,80,81,82,83,84);/q;+2/p-2/t67-;/m0./s1. The second-order valence-corrected chi connectivity index (χ2v) is 22.6. The summed E-state index contributed by atoms with van der Waals surface area (Å²) in [5.74, 6) is -0.774. The number of aromatic nitrogens is 4. The first-order chi connectivity index (χ1) is 41.4. The molecule has 2 aliphatic heterocycles. The van der Waals surface area contributed by atoms with E-state index in [2.05, 4.69) is 90.5 Å². The molecule has 9 rings (SSSR count). The molecule has 1 atom stereocenters. The molecule has 3 N–H and O–H groups in total. The van der Waals surface area contributed by atoms with Crippen molar-refractivity contribution in [1.82, 2.24) is 35.9 Å². The SMILES string of the molecule is CCCCCCCCCCCCNC(=O)CC[C@H](NC(=O)c1ccc(-c2c3nc(c(-c4ccccc4)c4ccc([n-]4)c(-c4ccccc4)c4nc(c(-c5ccccc5)c5ccc2[n-]5)C=C4)C=C3)cc1)C(=O)NCCCCCCCCCCCC.[Zn+2]. The zero-order chi connectivity index (χ0) is 58.1. The van der Waals surface area contributed by atoms with Gasteiger partial charge in [0.05, 0.1) is 22.8 Å². The summed E-state index contributed by atoms with van der Waals surface area (Å²) in [5, 5.41) is 9.20. The number of hydrogen-bond acceptors (Lipinski definition) is 5. The van der Waals surface area contributed by atoms with Gasteiger partial charge in [0.25, 0.3) is 5.91 Å². The van der Waals surface area contributed by atoms with Crippen LogP contribution >= 0.6 is 0 Å². The summed E-state index contributed by atoms with van der Waals surface area (Å²) in [4.78, 5) is 63.0. The fourth-order valence-corrected chi connectivity index (χ4v) is 11.5. The van der Waals surface area contributed by atoms with E-state index in [-0.39, 0.29) is 44.1 Å². The van der Waals surface area contributed by atoms with Crippen molar-refractivity contribution in [3.8, 4) is 44.5 Å². The fraction of sp³-hybridized carbons (Fsp3) is 0.365. The Bertz CT molecular complexity index is 3440. The predicted molar refractivity (Wildman–Crippen MR) is 349 cm³/mol. The predicted octanol–water partition coefficient (Wildman–Crippen LogP) is 17.5. The van der Waals surface area contributed by atoms with Crippen molar-refractivity contribution in [2.75, 3.05) is 13.1 Å². The molecule has 0 unspecified atom stereocenters. The van der Waals surface area contributed by atoms with E-state index in [0.29, 0.717) is 29.9 Å². The molecule has 0 radical (unpaired) electrons. The van der Waals surface area contributed by atoms with E-state index < -0.39 is 11.9 Å². The van der Waals surface area contributed by atoms with Gasteiger partial charge in [0, 0.05) is 25.1 Å². The van der Waals surface area contributed by atoms with Gasteiger partial charge in [-0.25, -0.2) is 9.97 Å². The van der Waals surface area contributed by atoms with Gasteiger partial charge in [0.1, 0.15) is 6.04 Å². The van der Waals surface area contributed by atoms with Crippen molar-refractivity contribution in [1.29, 1.82) is 0 Å². The fourth-order valence-electron chi connectivity index (χ4n) is 11.5. The summed E-state index contributed by atoms with van der Waals surface area (Å²) < 4.78 is 0. The maximum absolute atomic E-state index is 14.3. The number of nitrogens with one attached hydrogen (secondary N) is 3. The number of nitrogens with zero attached hydrogens (tertiary/aromatic N) is 4. The van der Waals surface area contributed by atoms with Crippen LogP contribution in [0.25, 0.3) is 90.9 Å². The minimum atomic E-state index is -0.890. The number of amides is 3. The molecular formula is C74H85N7O3Zn. The molecule has 7 aromatic rings. The van der Waals surface area contributed by atoms with Gasteiger partial charge in [-0.15, -0.1) is 22.1 Å². The molecule has 0 saturated heterocycles. The first-order valence-electron chi connectivity index (χ1n) is 31.6. The summed E-state index contributed by atoms with van der Waals surface area (Å²) in [6.45, 7) is 5.63. The zero-order valence-corrected chi connectivity index (χ0v) is 53.3. The van der Waals surface area contributed by atoms with Gasteiger partial charge in [-0.05, 0) is 100 Å². The van der Waals surface area contributed by atoms with Gasteiger partial charge in [-0.2, -0.15) is 0 Å². The number of fused-ring (bicyclic) bond motifs is 8. The molecule has 5 heterocycles. The van der Waals surface area contributed by atoms with Crippen LogP contribution in [0.3, 0.4) is 0 Å². The Morgan fingerprint density at radius 1 is 0.400 bits per heavy atom. The van der Waals surface area contributed by atoms with Crippen LogP contribution in [0.4, 0.5) is 0 Å². The second kappa shape index (κ2) is 33.9. The Morgan fingerprint density at radius 3 is 1.09 bits per heavy atom. The van der Waals surface area contributed by atoms with Gasteiger partial charge in [-0.1, -0.05) is 257 Å². The summed E-state index contributed by atoms with van der Waals surface area (Å²) in [7, 11) is 0. The number of benzene rings is 4. The number of carbonyl (C=O) groups is 3. The summed E-state index contributed by atoms with van der Waals surface area (Å²) in [6.07, 6.45) is 32.8. The molecule has 10 nitrogen and oxygen atoms in total. The molecule has 3 amide bonds. The molecule has 3 aromatic heterocycles. The third kappa shape index (κ3) is 18.0. The maximum atomic E-state index is 14.3. The molecule has 0 aliphatic carbocycles. The van der Waals surface area contributed by atoms with Crippen LogP contribution in [0.5, 0.6) is 0 Å². The van der Waals surface area contributed by atoms with E-state index in [0.717, 1.165) is 110 Å². The average molecular weight is 1190 g/mol. The first-order valence-corrected chi connectivity index (χ1v) is 31.6. The second-order valence-electron chi connectivity index (χ2n) is 22.6. The van der Waals surface area contributed by atoms with E-state index in [1.807, 2.05) is 91.0 Å². The van der Waals surface area contributed by atoms with Crippen LogP contribution in [-0.4, -0.2) is 46.8 Å². The van der Waals surface area contributed by atoms with Crippen LogP contribution in [0, 0.1) is 0 Å². The number of hydrogen-bond donors (Lipinski definition) is 3. The van der Waals surface area contributed by atoms with Crippen molar-refractivity contribution < 1.29 is 33.9 Å². The van der Waals surface area contributed by atoms with Crippen LogP contribution in [0.2, 0.25) is 0 Å². The Hall–Kier alpha value is -7.49. The minimum absolute atomic E-state index is 0. The first kappa shape index (κ1) is 63.5. The average Bonchev–Trinajstić information content (AvgIpc) is 4.47. The van der Waals surface area contributed by atoms with Crippen LogP contribution in [-0.2, 0) is 29.1 Å². The quantitative estimate of drug-likeness (QED) is 0.0282. The molecule has 11 heteroatoms. The van der Waals surface area contributed by atoms with E-state index in [1.54, 1.807) is 12.1 Å². The van der Waals surface area contributed by atoms with Crippen molar-refractivity contribution in [2.45, 2.75) is 161 Å². The molecule has 0 spiro atoms. The normalized spacial score (nSPS) is 12.0. The van der Waals surface area contributed by atoms with Crippen molar-refractivity contribution in [3.63, 3.8) is 0 Å². The minimum Gasteiger partial charge on any atom is -0.657 e. The van der Waals surface area contributed by atoms with E-state index in [9.17, 15) is 14.4 Å². The number of rotatable bonds is 32. The van der Waals surface area contributed by atoms with E-state index >= 15 is 0 Å². The number of unbranched alkanes of at least 4 members (excludes halogenated alkanes) is 18. The van der Waals surface area contributed by atoms with Crippen molar-refractivity contribution >= 4 is 64.1 Å². The van der Waals surface area contributed by atoms with E-state index in [4.69, 9.17) is 19.9 Å². The summed E-state index contributed by atoms with van der Waals surface area (Å²) >= 11 is 0. The zero-order valence-electron chi connectivity index (χ0n) is 50.4. The molecule has 436 valence electrons. The topological polar surface area (TPSA) is 141 Å². The molecule has 4 aromatic carbocycles. The molecule has 0 saturated carbocycles. The smallest absolute Gasteiger partial charge is 0.657 e. The van der Waals surface area contributed by atoms with Crippen LogP contribution < -0.4 is 25.9 Å². The monoisotopic (exact) mass is 1180 g/mol. The Kier molecular flexibility index (Phi) is 25.3. The third-order valence-corrected chi connectivity index (χ3v) is 16.2. The Balaban J connectivity index is 0.00000940. The third-order valence-electron chi connectivity index (χ3n) is 16.2. The maximum Gasteiger partial charge on any atom is 2.00 e. The molecule has 85 heavy (non-hydrogen) atoms. The van der Waals surface area contributed by atoms with E-state index in [1.165, 1.54) is 96.3 Å². The van der Waals surface area contributed by atoms with Crippen molar-refractivity contribution in [2.24, 2.45) is 0 Å². The van der Waals surface area contributed by atoms with Crippen LogP contribution in [0.15, 0.2) is 140 Å².